The van der Waals surface area contributed by atoms with Crippen LogP contribution < -0.4 is 4.74 Å². The van der Waals surface area contributed by atoms with Crippen molar-refractivity contribution in [3.63, 3.8) is 0 Å². The Morgan fingerprint density at radius 1 is 1.10 bits per heavy atom. The summed E-state index contributed by atoms with van der Waals surface area (Å²) in [5.41, 5.74) is 2.32. The zero-order valence-corrected chi connectivity index (χ0v) is 13.5. The van der Waals surface area contributed by atoms with Crippen molar-refractivity contribution >= 4 is 11.6 Å². The molecule has 0 aromatic heterocycles. The minimum Gasteiger partial charge on any atom is -0.492 e. The van der Waals surface area contributed by atoms with Crippen LogP contribution in [0.4, 0.5) is 0 Å². The fourth-order valence-corrected chi connectivity index (χ4v) is 3.26. The first-order chi connectivity index (χ1) is 9.66. The monoisotopic (exact) mass is 295 g/mol. The van der Waals surface area contributed by atoms with E-state index in [1.807, 2.05) is 6.07 Å². The average Bonchev–Trinajstić information content (AvgIpc) is 2.89. The minimum absolute atomic E-state index is 0.736. The first-order valence-corrected chi connectivity index (χ1v) is 8.16. The highest BCUT2D eigenvalue weighted by Crippen LogP contribution is 2.29. The lowest BCUT2D eigenvalue weighted by atomic mass is 10.1. The second kappa shape index (κ2) is 7.90. The molecule has 3 heteroatoms. The Morgan fingerprint density at radius 3 is 2.55 bits per heavy atom. The highest BCUT2D eigenvalue weighted by atomic mass is 35.5. The summed E-state index contributed by atoms with van der Waals surface area (Å²) >= 11 is 6.23. The van der Waals surface area contributed by atoms with E-state index >= 15 is 0 Å². The highest BCUT2D eigenvalue weighted by molar-refractivity contribution is 6.32. The lowest BCUT2D eigenvalue weighted by Gasteiger charge is -2.14. The van der Waals surface area contributed by atoms with Gasteiger partial charge in [-0.3, -0.25) is 0 Å². The molecule has 1 heterocycles. The number of aryl methyl sites for hydroxylation is 2. The lowest BCUT2D eigenvalue weighted by molar-refractivity contribution is 0.289. The molecule has 0 aliphatic carbocycles. The van der Waals surface area contributed by atoms with Gasteiger partial charge in [0.2, 0.25) is 0 Å². The van der Waals surface area contributed by atoms with Crippen molar-refractivity contribution in [2.45, 2.75) is 46.0 Å². The van der Waals surface area contributed by atoms with Gasteiger partial charge < -0.3 is 9.64 Å². The molecule has 0 radical (unpaired) electrons. The van der Waals surface area contributed by atoms with Crippen molar-refractivity contribution in [2.75, 3.05) is 26.2 Å². The number of benzene rings is 1. The van der Waals surface area contributed by atoms with Crippen LogP contribution in [0.1, 0.15) is 43.2 Å². The molecule has 1 aromatic rings. The van der Waals surface area contributed by atoms with E-state index in [2.05, 4.69) is 24.8 Å². The summed E-state index contributed by atoms with van der Waals surface area (Å²) in [5, 5.41) is 0.736. The molecule has 0 bridgehead atoms. The van der Waals surface area contributed by atoms with Gasteiger partial charge in [-0.05, 0) is 82.8 Å². The molecule has 0 amide bonds. The van der Waals surface area contributed by atoms with Gasteiger partial charge in [0.15, 0.2) is 0 Å². The van der Waals surface area contributed by atoms with Gasteiger partial charge in [0, 0.05) is 0 Å². The molecule has 2 nitrogen and oxygen atoms in total. The van der Waals surface area contributed by atoms with Gasteiger partial charge in [0.05, 0.1) is 11.6 Å². The normalized spacial score (nSPS) is 15.8. The van der Waals surface area contributed by atoms with Gasteiger partial charge in [-0.25, -0.2) is 0 Å². The number of hydrogen-bond acceptors (Lipinski definition) is 2. The molecule has 112 valence electrons. The largest absolute Gasteiger partial charge is 0.492 e. The molecule has 0 atom stereocenters. The van der Waals surface area contributed by atoms with Crippen molar-refractivity contribution < 1.29 is 4.74 Å². The Balaban J connectivity index is 1.63. The second-order valence-corrected chi connectivity index (χ2v) is 6.26. The van der Waals surface area contributed by atoms with Crippen LogP contribution in [0.15, 0.2) is 12.1 Å². The molecule has 2 rings (SSSR count). The number of rotatable bonds is 7. The molecule has 1 fully saturated rings. The van der Waals surface area contributed by atoms with Gasteiger partial charge in [-0.15, -0.1) is 0 Å². The molecule has 1 saturated heterocycles. The van der Waals surface area contributed by atoms with Crippen molar-refractivity contribution in [1.82, 2.24) is 4.90 Å². The Morgan fingerprint density at radius 2 is 1.85 bits per heavy atom. The van der Waals surface area contributed by atoms with Crippen LogP contribution in [0.2, 0.25) is 5.02 Å². The third-order valence-corrected chi connectivity index (χ3v) is 4.22. The summed E-state index contributed by atoms with van der Waals surface area (Å²) in [6.45, 7) is 8.74. The van der Waals surface area contributed by atoms with Crippen LogP contribution in [0.3, 0.4) is 0 Å². The average molecular weight is 296 g/mol. The second-order valence-electron chi connectivity index (χ2n) is 5.85. The van der Waals surface area contributed by atoms with Crippen LogP contribution in [0, 0.1) is 13.8 Å². The van der Waals surface area contributed by atoms with Gasteiger partial charge in [0.1, 0.15) is 5.75 Å². The number of nitrogens with zero attached hydrogens (tertiary/aromatic N) is 1. The SMILES string of the molecule is Cc1cc(C)c(OCCCCCN2CCCC2)c(Cl)c1. The minimum atomic E-state index is 0.736. The summed E-state index contributed by atoms with van der Waals surface area (Å²) in [4.78, 5) is 2.57. The van der Waals surface area contributed by atoms with E-state index in [4.69, 9.17) is 16.3 Å². The fraction of sp³-hybridized carbons (Fsp3) is 0.647. The van der Waals surface area contributed by atoms with Gasteiger partial charge in [0.25, 0.3) is 0 Å². The summed E-state index contributed by atoms with van der Waals surface area (Å²) in [6, 6.07) is 4.09. The smallest absolute Gasteiger partial charge is 0.140 e. The van der Waals surface area contributed by atoms with Crippen molar-refractivity contribution in [3.05, 3.63) is 28.3 Å². The summed E-state index contributed by atoms with van der Waals surface area (Å²) < 4.78 is 5.85. The molecule has 0 spiro atoms. The highest BCUT2D eigenvalue weighted by Gasteiger charge is 2.10. The zero-order valence-electron chi connectivity index (χ0n) is 12.8. The molecule has 1 aliphatic rings. The lowest BCUT2D eigenvalue weighted by Crippen LogP contribution is -2.20. The molecule has 0 N–H and O–H groups in total. The van der Waals surface area contributed by atoms with E-state index in [1.165, 1.54) is 50.9 Å². The van der Waals surface area contributed by atoms with E-state index in [1.54, 1.807) is 0 Å². The zero-order chi connectivity index (χ0) is 14.4. The van der Waals surface area contributed by atoms with Gasteiger partial charge in [-0.2, -0.15) is 0 Å². The van der Waals surface area contributed by atoms with E-state index in [9.17, 15) is 0 Å². The molecule has 1 aromatic carbocycles. The number of hydrogen-bond donors (Lipinski definition) is 0. The van der Waals surface area contributed by atoms with E-state index < -0.39 is 0 Å². The third-order valence-electron chi connectivity index (χ3n) is 3.94. The van der Waals surface area contributed by atoms with E-state index in [-0.39, 0.29) is 0 Å². The standard InChI is InChI=1S/C17H26ClNO/c1-14-12-15(2)17(16(18)13-14)20-11-7-3-4-8-19-9-5-6-10-19/h12-13H,3-11H2,1-2H3. The third kappa shape index (κ3) is 4.68. The van der Waals surface area contributed by atoms with Crippen molar-refractivity contribution in [1.29, 1.82) is 0 Å². The van der Waals surface area contributed by atoms with Crippen LogP contribution >= 0.6 is 11.6 Å². The van der Waals surface area contributed by atoms with E-state index in [0.717, 1.165) is 29.4 Å². The maximum absolute atomic E-state index is 6.23. The topological polar surface area (TPSA) is 12.5 Å². The molecule has 0 saturated carbocycles. The van der Waals surface area contributed by atoms with Crippen LogP contribution in [-0.4, -0.2) is 31.1 Å². The maximum Gasteiger partial charge on any atom is 0.140 e. The first-order valence-electron chi connectivity index (χ1n) is 7.79. The number of unbranched alkanes of at least 4 members (excludes halogenated alkanes) is 2. The van der Waals surface area contributed by atoms with E-state index in [0.29, 0.717) is 0 Å². The Kier molecular flexibility index (Phi) is 6.18. The van der Waals surface area contributed by atoms with Crippen molar-refractivity contribution in [2.24, 2.45) is 0 Å². The predicted molar refractivity (Wildman–Crippen MR) is 85.9 cm³/mol. The molecule has 1 aliphatic heterocycles. The molecule has 0 unspecified atom stereocenters. The summed E-state index contributed by atoms with van der Waals surface area (Å²) in [5.74, 6) is 0.858. The Bertz CT molecular complexity index is 404. The fourth-order valence-electron chi connectivity index (χ4n) is 2.88. The van der Waals surface area contributed by atoms with Crippen molar-refractivity contribution in [3.8, 4) is 5.75 Å². The summed E-state index contributed by atoms with van der Waals surface area (Å²) in [6.07, 6.45) is 6.39. The van der Waals surface area contributed by atoms with Crippen LogP contribution in [0.5, 0.6) is 5.75 Å². The predicted octanol–water partition coefficient (Wildman–Crippen LogP) is 4.60. The molecular weight excluding hydrogens is 270 g/mol. The summed E-state index contributed by atoms with van der Waals surface area (Å²) in [7, 11) is 0. The maximum atomic E-state index is 6.23. The number of ether oxygens (including phenoxy) is 1. The quantitative estimate of drug-likeness (QED) is 0.682. The number of likely N-dealkylation sites (tertiary alicyclic amines) is 1. The molecular formula is C17H26ClNO. The Hall–Kier alpha value is -0.730. The van der Waals surface area contributed by atoms with Gasteiger partial charge in [-0.1, -0.05) is 17.7 Å². The number of halogens is 1. The first kappa shape index (κ1) is 15.7. The molecule has 20 heavy (non-hydrogen) atoms. The van der Waals surface area contributed by atoms with Crippen LogP contribution in [0.25, 0.3) is 0 Å². The van der Waals surface area contributed by atoms with Gasteiger partial charge >= 0.3 is 0 Å². The van der Waals surface area contributed by atoms with Crippen LogP contribution in [-0.2, 0) is 0 Å². The Labute approximate surface area is 128 Å².